The van der Waals surface area contributed by atoms with Gasteiger partial charge in [-0.2, -0.15) is 5.26 Å². The number of esters is 1. The minimum Gasteiger partial charge on any atom is -0.491 e. The normalized spacial score (nSPS) is 17.2. The molecule has 140 valence electrons. The van der Waals surface area contributed by atoms with E-state index in [1.165, 1.54) is 11.8 Å². The van der Waals surface area contributed by atoms with Crippen molar-refractivity contribution in [3.8, 4) is 11.8 Å². The Morgan fingerprint density at radius 2 is 2.12 bits per heavy atom. The number of nitrogens with zero attached hydrogens (tertiary/aromatic N) is 2. The fraction of sp³-hybridized carbons (Fsp3) is 0.526. The maximum absolute atomic E-state index is 12.2. The Balaban J connectivity index is 1.82. The summed E-state index contributed by atoms with van der Waals surface area (Å²) >= 11 is 0. The van der Waals surface area contributed by atoms with E-state index in [0.29, 0.717) is 24.5 Å². The molecule has 26 heavy (non-hydrogen) atoms. The van der Waals surface area contributed by atoms with Crippen LogP contribution in [-0.2, 0) is 14.3 Å². The zero-order chi connectivity index (χ0) is 18.9. The van der Waals surface area contributed by atoms with Crippen LogP contribution in [0.2, 0.25) is 0 Å². The molecule has 0 aliphatic carbocycles. The van der Waals surface area contributed by atoms with Crippen molar-refractivity contribution in [1.82, 2.24) is 4.90 Å². The quantitative estimate of drug-likeness (QED) is 0.660. The van der Waals surface area contributed by atoms with Crippen LogP contribution in [0.15, 0.2) is 24.3 Å². The second kappa shape index (κ2) is 9.78. The van der Waals surface area contributed by atoms with E-state index in [2.05, 4.69) is 0 Å². The van der Waals surface area contributed by atoms with E-state index in [4.69, 9.17) is 19.5 Å². The molecule has 7 heteroatoms. The summed E-state index contributed by atoms with van der Waals surface area (Å²) in [5.41, 5.74) is 0.341. The largest absolute Gasteiger partial charge is 0.491 e. The molecule has 2 rings (SSSR count). The topological polar surface area (TPSA) is 88.9 Å². The summed E-state index contributed by atoms with van der Waals surface area (Å²) in [5, 5.41) is 8.56. The molecule has 0 N–H and O–H groups in total. The Morgan fingerprint density at radius 1 is 1.38 bits per heavy atom. The Bertz CT molecular complexity index is 647. The molecule has 1 aliphatic rings. The third kappa shape index (κ3) is 5.74. The second-order valence-electron chi connectivity index (χ2n) is 6.19. The molecule has 1 saturated heterocycles. The van der Waals surface area contributed by atoms with Crippen molar-refractivity contribution < 1.29 is 23.8 Å². The lowest BCUT2D eigenvalue weighted by Crippen LogP contribution is -2.37. The first-order valence-electron chi connectivity index (χ1n) is 8.68. The molecule has 1 fully saturated rings. The number of benzene rings is 1. The van der Waals surface area contributed by atoms with Crippen molar-refractivity contribution in [3.05, 3.63) is 29.8 Å². The van der Waals surface area contributed by atoms with E-state index in [0.717, 1.165) is 19.4 Å². The number of nitriles is 1. The third-order valence-corrected chi connectivity index (χ3v) is 4.12. The molecule has 0 unspecified atom stereocenters. The number of carbonyl (C=O) groups is 2. The van der Waals surface area contributed by atoms with Gasteiger partial charge in [0.25, 0.3) is 5.91 Å². The Morgan fingerprint density at radius 3 is 2.73 bits per heavy atom. The Labute approximate surface area is 153 Å². The van der Waals surface area contributed by atoms with Crippen LogP contribution in [0.1, 0.15) is 36.5 Å². The van der Waals surface area contributed by atoms with Crippen LogP contribution in [0.4, 0.5) is 0 Å². The summed E-state index contributed by atoms with van der Waals surface area (Å²) in [6.07, 6.45) is 1.50. The number of rotatable bonds is 8. The first-order valence-corrected chi connectivity index (χ1v) is 8.68. The summed E-state index contributed by atoms with van der Waals surface area (Å²) < 4.78 is 16.3. The lowest BCUT2D eigenvalue weighted by molar-refractivity contribution is -0.138. The highest BCUT2D eigenvalue weighted by molar-refractivity contribution is 5.92. The lowest BCUT2D eigenvalue weighted by Gasteiger charge is -2.20. The van der Waals surface area contributed by atoms with Gasteiger partial charge in [-0.05, 0) is 44.0 Å². The average molecular weight is 360 g/mol. The Kier molecular flexibility index (Phi) is 7.42. The summed E-state index contributed by atoms with van der Waals surface area (Å²) in [5.74, 6) is -0.271. The second-order valence-corrected chi connectivity index (χ2v) is 6.19. The summed E-state index contributed by atoms with van der Waals surface area (Å²) in [6, 6.07) is 8.56. The van der Waals surface area contributed by atoms with Crippen molar-refractivity contribution in [2.75, 3.05) is 26.8 Å². The van der Waals surface area contributed by atoms with E-state index in [1.807, 2.05) is 6.07 Å². The van der Waals surface area contributed by atoms with Gasteiger partial charge in [-0.3, -0.25) is 4.79 Å². The fourth-order valence-corrected chi connectivity index (χ4v) is 2.57. The average Bonchev–Trinajstić information content (AvgIpc) is 3.17. The van der Waals surface area contributed by atoms with Crippen LogP contribution in [-0.4, -0.2) is 55.8 Å². The standard InChI is InChI=1S/C19H24N2O5/c1-14(18(22)21(2)11-4-10-20)26-19(23)15-6-8-16(9-7-15)25-13-17-5-3-12-24-17/h6-9,14,17H,3-5,11-13H2,1-2H3/t14-,17-/m1/s1. The number of hydrogen-bond donors (Lipinski definition) is 0. The predicted octanol–water partition coefficient (Wildman–Crippen LogP) is 2.16. The molecule has 1 amide bonds. The van der Waals surface area contributed by atoms with Gasteiger partial charge in [0.15, 0.2) is 6.10 Å². The van der Waals surface area contributed by atoms with Crippen LogP contribution in [0.25, 0.3) is 0 Å². The highest BCUT2D eigenvalue weighted by Crippen LogP contribution is 2.17. The SMILES string of the molecule is C[C@@H](OC(=O)c1ccc(OC[C@H]2CCCO2)cc1)C(=O)N(C)CCC#N. The minimum atomic E-state index is -0.915. The van der Waals surface area contributed by atoms with Gasteiger partial charge in [-0.25, -0.2) is 4.79 Å². The smallest absolute Gasteiger partial charge is 0.338 e. The highest BCUT2D eigenvalue weighted by Gasteiger charge is 2.22. The van der Waals surface area contributed by atoms with Crippen molar-refractivity contribution >= 4 is 11.9 Å². The minimum absolute atomic E-state index is 0.129. The van der Waals surface area contributed by atoms with Gasteiger partial charge >= 0.3 is 5.97 Å². The molecule has 0 radical (unpaired) electrons. The van der Waals surface area contributed by atoms with E-state index >= 15 is 0 Å². The van der Waals surface area contributed by atoms with Gasteiger partial charge in [-0.1, -0.05) is 0 Å². The van der Waals surface area contributed by atoms with Crippen molar-refractivity contribution in [2.45, 2.75) is 38.4 Å². The van der Waals surface area contributed by atoms with Crippen LogP contribution in [0.3, 0.4) is 0 Å². The van der Waals surface area contributed by atoms with E-state index < -0.39 is 12.1 Å². The highest BCUT2D eigenvalue weighted by atomic mass is 16.5. The van der Waals surface area contributed by atoms with Crippen LogP contribution in [0.5, 0.6) is 5.75 Å². The number of hydrogen-bond acceptors (Lipinski definition) is 6. The molecule has 1 aromatic rings. The zero-order valence-electron chi connectivity index (χ0n) is 15.1. The first kappa shape index (κ1) is 19.7. The van der Waals surface area contributed by atoms with Crippen molar-refractivity contribution in [2.24, 2.45) is 0 Å². The fourth-order valence-electron chi connectivity index (χ4n) is 2.57. The van der Waals surface area contributed by atoms with Crippen LogP contribution >= 0.6 is 0 Å². The molecule has 1 aromatic carbocycles. The van der Waals surface area contributed by atoms with Crippen molar-refractivity contribution in [1.29, 1.82) is 5.26 Å². The molecular weight excluding hydrogens is 336 g/mol. The molecule has 2 atom stereocenters. The maximum Gasteiger partial charge on any atom is 0.338 e. The van der Waals surface area contributed by atoms with Gasteiger partial charge in [0.05, 0.1) is 24.2 Å². The van der Waals surface area contributed by atoms with E-state index in [1.54, 1.807) is 31.3 Å². The molecular formula is C19H24N2O5. The van der Waals surface area contributed by atoms with Gasteiger partial charge in [0.2, 0.25) is 0 Å². The monoisotopic (exact) mass is 360 g/mol. The Hall–Kier alpha value is -2.59. The van der Waals surface area contributed by atoms with Crippen LogP contribution < -0.4 is 4.74 Å². The molecule has 1 aliphatic heterocycles. The van der Waals surface area contributed by atoms with Crippen molar-refractivity contribution in [3.63, 3.8) is 0 Å². The summed E-state index contributed by atoms with van der Waals surface area (Å²) in [7, 11) is 1.57. The number of likely N-dealkylation sites (N-methyl/N-ethyl adjacent to an activating group) is 1. The van der Waals surface area contributed by atoms with E-state index in [9.17, 15) is 9.59 Å². The van der Waals surface area contributed by atoms with Crippen LogP contribution in [0, 0.1) is 11.3 Å². The zero-order valence-corrected chi connectivity index (χ0v) is 15.1. The van der Waals surface area contributed by atoms with Gasteiger partial charge in [0, 0.05) is 20.2 Å². The molecule has 1 heterocycles. The van der Waals surface area contributed by atoms with Gasteiger partial charge in [0.1, 0.15) is 12.4 Å². The molecule has 0 aromatic heterocycles. The third-order valence-electron chi connectivity index (χ3n) is 4.12. The molecule has 0 bridgehead atoms. The number of ether oxygens (including phenoxy) is 3. The maximum atomic E-state index is 12.2. The molecule has 0 saturated carbocycles. The number of amides is 1. The molecule has 0 spiro atoms. The summed E-state index contributed by atoms with van der Waals surface area (Å²) in [6.45, 7) is 3.09. The predicted molar refractivity (Wildman–Crippen MR) is 93.7 cm³/mol. The van der Waals surface area contributed by atoms with Gasteiger partial charge < -0.3 is 19.1 Å². The van der Waals surface area contributed by atoms with E-state index in [-0.39, 0.29) is 18.4 Å². The summed E-state index contributed by atoms with van der Waals surface area (Å²) in [4.78, 5) is 25.6. The lowest BCUT2D eigenvalue weighted by atomic mass is 10.2. The first-order chi connectivity index (χ1) is 12.5. The van der Waals surface area contributed by atoms with Gasteiger partial charge in [-0.15, -0.1) is 0 Å². The number of carbonyl (C=O) groups excluding carboxylic acids is 2. The molecule has 7 nitrogen and oxygen atoms in total.